The third-order valence-electron chi connectivity index (χ3n) is 9.84. The van der Waals surface area contributed by atoms with Crippen LogP contribution in [0.4, 0.5) is 0 Å². The quantitative estimate of drug-likeness (QED) is 0.0281. The SMILES string of the molecule is CC/C=C\C/C=C\C/C=C\C/C=C\CCCCCCCCCCC(=O)OC(COC(=O)CCCCCCCCCCCCCCCCCC)COP(=O)(O)OC. The summed E-state index contributed by atoms with van der Waals surface area (Å²) >= 11 is 0. The molecular formula is C47H85O8P. The van der Waals surface area contributed by atoms with Crippen molar-refractivity contribution in [1.82, 2.24) is 0 Å². The minimum Gasteiger partial charge on any atom is -0.462 e. The van der Waals surface area contributed by atoms with Crippen molar-refractivity contribution in [2.75, 3.05) is 20.3 Å². The Hall–Kier alpha value is -1.99. The molecule has 56 heavy (non-hydrogen) atoms. The first kappa shape index (κ1) is 54.0. The minimum absolute atomic E-state index is 0.227. The molecule has 1 N–H and O–H groups in total. The van der Waals surface area contributed by atoms with E-state index in [1.165, 1.54) is 109 Å². The predicted octanol–water partition coefficient (Wildman–Crippen LogP) is 14.6. The first-order valence-corrected chi connectivity index (χ1v) is 24.3. The summed E-state index contributed by atoms with van der Waals surface area (Å²) in [6.07, 6.45) is 51.6. The standard InChI is InChI=1S/C47H85O8P/c1-4-6-8-10-12-14-16-18-20-22-23-24-25-26-28-30-32-34-36-38-40-42-47(49)55-45(44-54-56(50,51)52-3)43-53-46(48)41-39-37-35-33-31-29-27-21-19-17-15-13-11-9-7-5-2/h6,8,12,14,18,20,23-24,45H,4-5,7,9-11,13,15-17,19,21-22,25-44H2,1-3H3,(H,50,51)/b8-6-,14-12-,20-18-,24-23-. The van der Waals surface area contributed by atoms with Crippen LogP contribution in [0.2, 0.25) is 0 Å². The molecule has 326 valence electrons. The zero-order chi connectivity index (χ0) is 41.1. The van der Waals surface area contributed by atoms with Gasteiger partial charge >= 0.3 is 19.8 Å². The normalized spacial score (nSPS) is 13.7. The monoisotopic (exact) mass is 809 g/mol. The molecule has 0 aliphatic rings. The molecule has 0 aliphatic carbocycles. The summed E-state index contributed by atoms with van der Waals surface area (Å²) in [5.74, 6) is -0.807. The van der Waals surface area contributed by atoms with E-state index in [0.29, 0.717) is 12.8 Å². The van der Waals surface area contributed by atoms with Gasteiger partial charge in [-0.3, -0.25) is 18.6 Å². The molecule has 0 aromatic carbocycles. The summed E-state index contributed by atoms with van der Waals surface area (Å²) in [6, 6.07) is 0. The number of ether oxygens (including phenoxy) is 2. The number of phosphoric ester groups is 1. The van der Waals surface area contributed by atoms with Crippen LogP contribution < -0.4 is 0 Å². The fourth-order valence-corrected chi connectivity index (χ4v) is 6.82. The van der Waals surface area contributed by atoms with Crippen molar-refractivity contribution in [3.8, 4) is 0 Å². The molecule has 8 nitrogen and oxygen atoms in total. The molecule has 9 heteroatoms. The zero-order valence-corrected chi connectivity index (χ0v) is 37.2. The zero-order valence-electron chi connectivity index (χ0n) is 36.3. The molecule has 0 saturated carbocycles. The molecule has 0 aliphatic heterocycles. The van der Waals surface area contributed by atoms with E-state index in [-0.39, 0.29) is 19.0 Å². The maximum Gasteiger partial charge on any atom is 0.472 e. The highest BCUT2D eigenvalue weighted by Gasteiger charge is 2.24. The number of esters is 2. The number of allylic oxidation sites excluding steroid dienone is 8. The average Bonchev–Trinajstić information content (AvgIpc) is 3.19. The molecule has 0 amide bonds. The number of carbonyl (C=O) groups is 2. The lowest BCUT2D eigenvalue weighted by Crippen LogP contribution is -2.29. The number of carbonyl (C=O) groups excluding carboxylic acids is 2. The van der Waals surface area contributed by atoms with Crippen molar-refractivity contribution in [3.05, 3.63) is 48.6 Å². The van der Waals surface area contributed by atoms with Gasteiger partial charge in [-0.25, -0.2) is 4.57 Å². The summed E-state index contributed by atoms with van der Waals surface area (Å²) in [7, 11) is -3.20. The Morgan fingerprint density at radius 2 is 0.911 bits per heavy atom. The number of rotatable bonds is 42. The molecule has 0 fully saturated rings. The fourth-order valence-electron chi connectivity index (χ4n) is 6.36. The second-order valence-corrected chi connectivity index (χ2v) is 16.7. The molecule has 0 aromatic rings. The van der Waals surface area contributed by atoms with Gasteiger partial charge in [-0.05, 0) is 51.4 Å². The van der Waals surface area contributed by atoms with E-state index in [0.717, 1.165) is 77.7 Å². The van der Waals surface area contributed by atoms with E-state index in [1.54, 1.807) is 0 Å². The highest BCUT2D eigenvalue weighted by Crippen LogP contribution is 2.42. The van der Waals surface area contributed by atoms with Crippen LogP contribution in [0, 0.1) is 0 Å². The average molecular weight is 809 g/mol. The second-order valence-electron chi connectivity index (χ2n) is 15.2. The van der Waals surface area contributed by atoms with Gasteiger partial charge in [0.05, 0.1) is 6.61 Å². The summed E-state index contributed by atoms with van der Waals surface area (Å²) in [4.78, 5) is 34.5. The summed E-state index contributed by atoms with van der Waals surface area (Å²) < 4.78 is 32.0. The van der Waals surface area contributed by atoms with Crippen LogP contribution in [0.25, 0.3) is 0 Å². The minimum atomic E-state index is -4.27. The molecule has 2 unspecified atom stereocenters. The highest BCUT2D eigenvalue weighted by molar-refractivity contribution is 7.47. The smallest absolute Gasteiger partial charge is 0.462 e. The van der Waals surface area contributed by atoms with Crippen LogP contribution in [0.3, 0.4) is 0 Å². The van der Waals surface area contributed by atoms with Crippen LogP contribution in [0.1, 0.15) is 213 Å². The van der Waals surface area contributed by atoms with Crippen LogP contribution in [0.5, 0.6) is 0 Å². The van der Waals surface area contributed by atoms with E-state index in [4.69, 9.17) is 14.0 Å². The van der Waals surface area contributed by atoms with Crippen molar-refractivity contribution in [2.45, 2.75) is 219 Å². The van der Waals surface area contributed by atoms with Crippen LogP contribution in [-0.2, 0) is 32.7 Å². The highest BCUT2D eigenvalue weighted by atomic mass is 31.2. The van der Waals surface area contributed by atoms with Crippen molar-refractivity contribution >= 4 is 19.8 Å². The Morgan fingerprint density at radius 3 is 1.36 bits per heavy atom. The summed E-state index contributed by atoms with van der Waals surface area (Å²) in [5, 5.41) is 0. The topological polar surface area (TPSA) is 108 Å². The van der Waals surface area contributed by atoms with Gasteiger partial charge in [0.15, 0.2) is 6.10 Å². The first-order valence-electron chi connectivity index (χ1n) is 22.8. The predicted molar refractivity (Wildman–Crippen MR) is 235 cm³/mol. The van der Waals surface area contributed by atoms with Gasteiger partial charge in [-0.15, -0.1) is 0 Å². The molecule has 0 radical (unpaired) electrons. The Labute approximate surface area is 344 Å². The number of unbranched alkanes of at least 4 members (excludes halogenated alkanes) is 23. The number of hydrogen-bond donors (Lipinski definition) is 1. The van der Waals surface area contributed by atoms with Gasteiger partial charge in [0.2, 0.25) is 0 Å². The Bertz CT molecular complexity index is 1050. The molecule has 2 atom stereocenters. The van der Waals surface area contributed by atoms with Gasteiger partial charge < -0.3 is 14.4 Å². The van der Waals surface area contributed by atoms with E-state index in [9.17, 15) is 19.0 Å². The lowest BCUT2D eigenvalue weighted by Gasteiger charge is -2.19. The molecular weight excluding hydrogens is 723 g/mol. The second kappa shape index (κ2) is 42.6. The Kier molecular flexibility index (Phi) is 41.1. The van der Waals surface area contributed by atoms with E-state index >= 15 is 0 Å². The Balaban J connectivity index is 3.97. The van der Waals surface area contributed by atoms with Gasteiger partial charge in [0, 0.05) is 20.0 Å². The van der Waals surface area contributed by atoms with Gasteiger partial charge in [-0.2, -0.15) is 0 Å². The van der Waals surface area contributed by atoms with Crippen LogP contribution in [-0.4, -0.2) is 43.3 Å². The third kappa shape index (κ3) is 41.6. The number of phosphoric acid groups is 1. The van der Waals surface area contributed by atoms with Gasteiger partial charge in [-0.1, -0.05) is 197 Å². The lowest BCUT2D eigenvalue weighted by atomic mass is 10.0. The molecule has 0 bridgehead atoms. The van der Waals surface area contributed by atoms with Crippen LogP contribution in [0.15, 0.2) is 48.6 Å². The van der Waals surface area contributed by atoms with Crippen molar-refractivity contribution in [3.63, 3.8) is 0 Å². The maximum absolute atomic E-state index is 12.5. The van der Waals surface area contributed by atoms with Crippen molar-refractivity contribution in [2.24, 2.45) is 0 Å². The van der Waals surface area contributed by atoms with E-state index in [2.05, 4.69) is 67.0 Å². The fraction of sp³-hybridized carbons (Fsp3) is 0.787. The number of hydrogen-bond acceptors (Lipinski definition) is 7. The van der Waals surface area contributed by atoms with Gasteiger partial charge in [0.25, 0.3) is 0 Å². The first-order chi connectivity index (χ1) is 27.3. The van der Waals surface area contributed by atoms with Crippen molar-refractivity contribution < 1.29 is 37.6 Å². The van der Waals surface area contributed by atoms with Crippen LogP contribution >= 0.6 is 7.82 Å². The summed E-state index contributed by atoms with van der Waals surface area (Å²) in [6.45, 7) is 3.79. The van der Waals surface area contributed by atoms with Crippen molar-refractivity contribution in [1.29, 1.82) is 0 Å². The Morgan fingerprint density at radius 1 is 0.518 bits per heavy atom. The molecule has 0 rings (SSSR count). The molecule has 0 spiro atoms. The van der Waals surface area contributed by atoms with Gasteiger partial charge in [0.1, 0.15) is 6.61 Å². The summed E-state index contributed by atoms with van der Waals surface area (Å²) in [5.41, 5.74) is 0. The van der Waals surface area contributed by atoms with E-state index in [1.807, 2.05) is 0 Å². The molecule has 0 saturated heterocycles. The maximum atomic E-state index is 12.5. The molecule has 0 aromatic heterocycles. The lowest BCUT2D eigenvalue weighted by molar-refractivity contribution is -0.161. The largest absolute Gasteiger partial charge is 0.472 e. The molecule has 0 heterocycles. The van der Waals surface area contributed by atoms with E-state index < -0.39 is 26.5 Å². The third-order valence-corrected chi connectivity index (χ3v) is 10.8.